The summed E-state index contributed by atoms with van der Waals surface area (Å²) in [4.78, 5) is 24.1. The molecular weight excluding hydrogens is 384 g/mol. The topological polar surface area (TPSA) is 133 Å². The van der Waals surface area contributed by atoms with E-state index in [0.717, 1.165) is 29.6 Å². The molecule has 3 aliphatic rings. The highest BCUT2D eigenvalue weighted by Gasteiger charge is 2.29. The van der Waals surface area contributed by atoms with E-state index in [4.69, 9.17) is 10.2 Å². The van der Waals surface area contributed by atoms with Crippen LogP contribution in [0.25, 0.3) is 10.7 Å². The Morgan fingerprint density at radius 3 is 2.25 bits per heavy atom. The molecular formula is C17H20N6O4S. The SMILES string of the molecule is O=C(O)/C=C/C(=O)O.c1nnc(-c2ccc(N3CCN4CCC3CC4)nn2)s1. The maximum absolute atomic E-state index is 9.55. The van der Waals surface area contributed by atoms with E-state index >= 15 is 0 Å². The van der Waals surface area contributed by atoms with Crippen LogP contribution in [0, 0.1) is 0 Å². The molecule has 2 bridgehead atoms. The Kier molecular flexibility index (Phi) is 6.61. The molecule has 2 aromatic heterocycles. The van der Waals surface area contributed by atoms with Crippen molar-refractivity contribution in [3.63, 3.8) is 0 Å². The number of aromatic nitrogens is 4. The Morgan fingerprint density at radius 1 is 1.00 bits per heavy atom. The minimum atomic E-state index is -1.26. The minimum Gasteiger partial charge on any atom is -0.478 e. The average molecular weight is 404 g/mol. The van der Waals surface area contributed by atoms with Crippen molar-refractivity contribution in [2.45, 2.75) is 18.9 Å². The number of rotatable bonds is 4. The summed E-state index contributed by atoms with van der Waals surface area (Å²) in [7, 11) is 0. The highest BCUT2D eigenvalue weighted by Crippen LogP contribution is 2.26. The smallest absolute Gasteiger partial charge is 0.328 e. The quantitative estimate of drug-likeness (QED) is 0.711. The number of carboxylic acids is 2. The molecule has 0 aromatic carbocycles. The minimum absolute atomic E-state index is 0.558. The highest BCUT2D eigenvalue weighted by molar-refractivity contribution is 7.12. The van der Waals surface area contributed by atoms with E-state index in [1.54, 1.807) is 5.51 Å². The van der Waals surface area contributed by atoms with Crippen LogP contribution in [0.2, 0.25) is 0 Å². The van der Waals surface area contributed by atoms with E-state index in [0.29, 0.717) is 18.2 Å². The van der Waals surface area contributed by atoms with Crippen LogP contribution in [-0.4, -0.2) is 79.7 Å². The summed E-state index contributed by atoms with van der Waals surface area (Å²) in [6.45, 7) is 4.63. The first-order valence-corrected chi connectivity index (χ1v) is 9.64. The second-order valence-corrected chi connectivity index (χ2v) is 7.13. The molecule has 0 unspecified atom stereocenters. The van der Waals surface area contributed by atoms with Gasteiger partial charge in [0.1, 0.15) is 11.2 Å². The monoisotopic (exact) mass is 404 g/mol. The third kappa shape index (κ3) is 5.30. The van der Waals surface area contributed by atoms with Crippen molar-refractivity contribution in [2.75, 3.05) is 31.1 Å². The lowest BCUT2D eigenvalue weighted by Crippen LogP contribution is -2.38. The predicted octanol–water partition coefficient (Wildman–Crippen LogP) is 0.991. The number of piperidine rings is 1. The molecule has 2 N–H and O–H groups in total. The highest BCUT2D eigenvalue weighted by atomic mass is 32.1. The van der Waals surface area contributed by atoms with Crippen LogP contribution in [0.1, 0.15) is 12.8 Å². The van der Waals surface area contributed by atoms with Crippen molar-refractivity contribution in [2.24, 2.45) is 0 Å². The van der Waals surface area contributed by atoms with E-state index < -0.39 is 11.9 Å². The molecule has 3 aliphatic heterocycles. The molecule has 28 heavy (non-hydrogen) atoms. The summed E-state index contributed by atoms with van der Waals surface area (Å²) in [6.07, 6.45) is 3.59. The Morgan fingerprint density at radius 2 is 1.71 bits per heavy atom. The number of nitrogens with zero attached hydrogens (tertiary/aromatic N) is 6. The van der Waals surface area contributed by atoms with Gasteiger partial charge in [0.15, 0.2) is 10.8 Å². The average Bonchev–Trinajstić information content (AvgIpc) is 3.07. The number of aliphatic carboxylic acids is 2. The fraction of sp³-hybridized carbons (Fsp3) is 0.412. The van der Waals surface area contributed by atoms with Gasteiger partial charge in [-0.1, -0.05) is 11.3 Å². The molecule has 148 valence electrons. The predicted molar refractivity (Wildman–Crippen MR) is 102 cm³/mol. The molecule has 0 aliphatic carbocycles. The van der Waals surface area contributed by atoms with Crippen molar-refractivity contribution < 1.29 is 19.8 Å². The Balaban J connectivity index is 0.000000242. The van der Waals surface area contributed by atoms with Gasteiger partial charge in [0.2, 0.25) is 0 Å². The molecule has 10 nitrogen and oxygen atoms in total. The van der Waals surface area contributed by atoms with Crippen molar-refractivity contribution >= 4 is 29.1 Å². The first kappa shape index (κ1) is 19.8. The van der Waals surface area contributed by atoms with Gasteiger partial charge in [0, 0.05) is 44.4 Å². The number of hydrogen-bond acceptors (Lipinski definition) is 9. The van der Waals surface area contributed by atoms with Gasteiger partial charge in [0.25, 0.3) is 0 Å². The van der Waals surface area contributed by atoms with Crippen molar-refractivity contribution in [3.8, 4) is 10.7 Å². The normalized spacial score (nSPS) is 21.1. The zero-order valence-corrected chi connectivity index (χ0v) is 15.8. The molecule has 0 saturated carbocycles. The van der Waals surface area contributed by atoms with Gasteiger partial charge in [-0.3, -0.25) is 0 Å². The van der Waals surface area contributed by atoms with Crippen LogP contribution in [0.4, 0.5) is 5.82 Å². The van der Waals surface area contributed by atoms with Crippen LogP contribution < -0.4 is 4.90 Å². The van der Waals surface area contributed by atoms with Crippen LogP contribution in [0.5, 0.6) is 0 Å². The lowest BCUT2D eigenvalue weighted by molar-refractivity contribution is -0.134. The molecule has 11 heteroatoms. The van der Waals surface area contributed by atoms with Crippen LogP contribution in [0.3, 0.4) is 0 Å². The fourth-order valence-corrected chi connectivity index (χ4v) is 3.73. The maximum Gasteiger partial charge on any atom is 0.328 e. The summed E-state index contributed by atoms with van der Waals surface area (Å²) in [5.41, 5.74) is 2.52. The number of carboxylic acid groups (broad SMARTS) is 2. The molecule has 5 rings (SSSR count). The van der Waals surface area contributed by atoms with Crippen LogP contribution in [-0.2, 0) is 9.59 Å². The van der Waals surface area contributed by atoms with Crippen LogP contribution >= 0.6 is 11.3 Å². The van der Waals surface area contributed by atoms with E-state index in [-0.39, 0.29) is 0 Å². The third-order valence-corrected chi connectivity index (χ3v) is 5.26. The van der Waals surface area contributed by atoms with E-state index in [2.05, 4.69) is 36.3 Å². The lowest BCUT2D eigenvalue weighted by atomic mass is 10.1. The second kappa shape index (κ2) is 9.33. The summed E-state index contributed by atoms with van der Waals surface area (Å²) >= 11 is 1.49. The molecule has 0 atom stereocenters. The fourth-order valence-electron chi connectivity index (χ4n) is 3.21. The number of fused-ring (bicyclic) bond motifs is 4. The van der Waals surface area contributed by atoms with Gasteiger partial charge < -0.3 is 20.0 Å². The molecule has 5 heterocycles. The van der Waals surface area contributed by atoms with Gasteiger partial charge in [-0.15, -0.1) is 20.4 Å². The van der Waals surface area contributed by atoms with Gasteiger partial charge in [0.05, 0.1) is 0 Å². The zero-order valence-electron chi connectivity index (χ0n) is 15.0. The molecule has 0 spiro atoms. The third-order valence-electron chi connectivity index (χ3n) is 4.55. The number of hydrogen-bond donors (Lipinski definition) is 2. The molecule has 0 amide bonds. The molecule has 3 saturated heterocycles. The Labute approximate surface area is 165 Å². The standard InChI is InChI=1S/C13H16N6S.C4H4O4/c1-2-12(16-15-11(1)13-17-14-9-20-13)19-8-7-18-5-3-10(19)4-6-18;5-3(6)1-2-4(7)8/h1-2,9-10H,3-8H2;1-2H,(H,5,6)(H,7,8)/b;2-1+. The Bertz CT molecular complexity index is 803. The van der Waals surface area contributed by atoms with E-state index in [1.165, 1.54) is 37.3 Å². The first-order valence-electron chi connectivity index (χ1n) is 8.76. The van der Waals surface area contributed by atoms with Gasteiger partial charge >= 0.3 is 11.9 Å². The maximum atomic E-state index is 9.55. The lowest BCUT2D eigenvalue weighted by Gasteiger charge is -2.31. The van der Waals surface area contributed by atoms with Gasteiger partial charge in [-0.25, -0.2) is 9.59 Å². The zero-order chi connectivity index (χ0) is 19.9. The molecule has 2 aromatic rings. The van der Waals surface area contributed by atoms with Gasteiger partial charge in [-0.05, 0) is 25.0 Å². The van der Waals surface area contributed by atoms with E-state index in [9.17, 15) is 9.59 Å². The van der Waals surface area contributed by atoms with Crippen molar-refractivity contribution in [1.82, 2.24) is 25.3 Å². The van der Waals surface area contributed by atoms with Crippen molar-refractivity contribution in [3.05, 3.63) is 29.8 Å². The summed E-state index contributed by atoms with van der Waals surface area (Å²) < 4.78 is 0. The number of carbonyl (C=O) groups is 2. The van der Waals surface area contributed by atoms with Crippen LogP contribution in [0.15, 0.2) is 29.8 Å². The molecule has 0 radical (unpaired) electrons. The first-order chi connectivity index (χ1) is 13.5. The Hall–Kier alpha value is -2.92. The van der Waals surface area contributed by atoms with Gasteiger partial charge in [-0.2, -0.15) is 0 Å². The number of anilines is 1. The summed E-state index contributed by atoms with van der Waals surface area (Å²) in [6, 6.07) is 4.69. The van der Waals surface area contributed by atoms with E-state index in [1.807, 2.05) is 6.07 Å². The summed E-state index contributed by atoms with van der Waals surface area (Å²) in [5.74, 6) is -1.52. The van der Waals surface area contributed by atoms with Crippen molar-refractivity contribution in [1.29, 1.82) is 0 Å². The second-order valence-electron chi connectivity index (χ2n) is 6.30. The summed E-state index contributed by atoms with van der Waals surface area (Å²) in [5, 5.41) is 33.0. The largest absolute Gasteiger partial charge is 0.478 e. The molecule has 3 fully saturated rings.